The molecule has 0 saturated carbocycles. The molecule has 3 aromatic rings. The van der Waals surface area contributed by atoms with Gasteiger partial charge in [0.05, 0.1) is 31.5 Å². The Labute approximate surface area is 182 Å². The zero-order valence-electron chi connectivity index (χ0n) is 16.2. The van der Waals surface area contributed by atoms with Gasteiger partial charge in [-0.2, -0.15) is 0 Å². The van der Waals surface area contributed by atoms with Gasteiger partial charge >= 0.3 is 6.03 Å². The summed E-state index contributed by atoms with van der Waals surface area (Å²) in [5, 5.41) is 5.13. The standard InChI is InChI=1S/C19H19ClN4O4S2/c1-24(2)9-10-30(27,28)12-7-8-15-16(11-12)29-19(21-15)23-18(26)22-17(25)13-5-3-4-6-14(13)20/h3-8,11H,9-10H2,1-2H3,(H2,21,22,23,25,26). The summed E-state index contributed by atoms with van der Waals surface area (Å²) in [5.41, 5.74) is 0.713. The molecule has 2 N–H and O–H groups in total. The van der Waals surface area contributed by atoms with Crippen LogP contribution in [-0.2, 0) is 9.84 Å². The smallest absolute Gasteiger partial charge is 0.308 e. The van der Waals surface area contributed by atoms with Crippen LogP contribution in [0.25, 0.3) is 10.2 Å². The highest BCUT2D eigenvalue weighted by atomic mass is 35.5. The van der Waals surface area contributed by atoms with E-state index in [1.165, 1.54) is 18.2 Å². The van der Waals surface area contributed by atoms with Crippen LogP contribution >= 0.6 is 22.9 Å². The molecule has 8 nitrogen and oxygen atoms in total. The number of sulfone groups is 1. The number of imide groups is 1. The van der Waals surface area contributed by atoms with Gasteiger partial charge in [-0.3, -0.25) is 15.4 Å². The molecule has 0 aliphatic heterocycles. The van der Waals surface area contributed by atoms with Crippen LogP contribution in [0, 0.1) is 0 Å². The first-order chi connectivity index (χ1) is 14.2. The molecule has 3 amide bonds. The van der Waals surface area contributed by atoms with E-state index in [2.05, 4.69) is 15.6 Å². The maximum atomic E-state index is 12.5. The number of rotatable bonds is 6. The number of benzene rings is 2. The van der Waals surface area contributed by atoms with Gasteiger partial charge in [0.25, 0.3) is 5.91 Å². The van der Waals surface area contributed by atoms with E-state index in [1.807, 2.05) is 0 Å². The van der Waals surface area contributed by atoms with Crippen LogP contribution < -0.4 is 10.6 Å². The second-order valence-corrected chi connectivity index (χ2v) is 10.2. The molecule has 11 heteroatoms. The number of anilines is 1. The van der Waals surface area contributed by atoms with E-state index >= 15 is 0 Å². The van der Waals surface area contributed by atoms with E-state index in [9.17, 15) is 18.0 Å². The third kappa shape index (κ3) is 5.33. The van der Waals surface area contributed by atoms with Crippen molar-refractivity contribution >= 4 is 60.1 Å². The number of nitrogens with zero attached hydrogens (tertiary/aromatic N) is 2. The first-order valence-electron chi connectivity index (χ1n) is 8.80. The molecule has 2 aromatic carbocycles. The predicted molar refractivity (Wildman–Crippen MR) is 118 cm³/mol. The third-order valence-corrected chi connectivity index (χ3v) is 7.05. The minimum absolute atomic E-state index is 0.00196. The van der Waals surface area contributed by atoms with Gasteiger partial charge in [0, 0.05) is 6.54 Å². The number of urea groups is 1. The lowest BCUT2D eigenvalue weighted by molar-refractivity contribution is 0.0967. The van der Waals surface area contributed by atoms with Crippen molar-refractivity contribution in [3.63, 3.8) is 0 Å². The van der Waals surface area contributed by atoms with Crippen LogP contribution in [0.1, 0.15) is 10.4 Å². The van der Waals surface area contributed by atoms with Crippen molar-refractivity contribution in [1.29, 1.82) is 0 Å². The number of fused-ring (bicyclic) bond motifs is 1. The average Bonchev–Trinajstić information content (AvgIpc) is 3.07. The predicted octanol–water partition coefficient (Wildman–Crippen LogP) is 3.25. The Morgan fingerprint density at radius 1 is 1.17 bits per heavy atom. The van der Waals surface area contributed by atoms with Crippen molar-refractivity contribution in [2.24, 2.45) is 0 Å². The summed E-state index contributed by atoms with van der Waals surface area (Å²) in [4.78, 5) is 30.6. The largest absolute Gasteiger partial charge is 0.327 e. The molecular weight excluding hydrogens is 448 g/mol. The van der Waals surface area contributed by atoms with Crippen LogP contribution in [0.5, 0.6) is 0 Å². The van der Waals surface area contributed by atoms with Gasteiger partial charge in [-0.1, -0.05) is 35.1 Å². The first kappa shape index (κ1) is 22.2. The van der Waals surface area contributed by atoms with Crippen LogP contribution in [0.2, 0.25) is 5.02 Å². The minimum Gasteiger partial charge on any atom is -0.308 e. The summed E-state index contributed by atoms with van der Waals surface area (Å²) >= 11 is 7.06. The number of amides is 3. The van der Waals surface area contributed by atoms with Crippen molar-refractivity contribution in [3.05, 3.63) is 53.1 Å². The van der Waals surface area contributed by atoms with Gasteiger partial charge in [-0.15, -0.1) is 0 Å². The minimum atomic E-state index is -3.43. The van der Waals surface area contributed by atoms with Crippen LogP contribution in [-0.4, -0.2) is 56.6 Å². The second-order valence-electron chi connectivity index (χ2n) is 6.66. The number of nitrogens with one attached hydrogen (secondary N) is 2. The molecular formula is C19H19ClN4O4S2. The van der Waals surface area contributed by atoms with Crippen molar-refractivity contribution in [2.75, 3.05) is 31.7 Å². The second kappa shape index (κ2) is 9.09. The van der Waals surface area contributed by atoms with Crippen molar-refractivity contribution in [2.45, 2.75) is 4.90 Å². The molecule has 30 heavy (non-hydrogen) atoms. The molecule has 0 saturated heterocycles. The molecule has 0 bridgehead atoms. The fourth-order valence-corrected chi connectivity index (χ4v) is 5.13. The highest BCUT2D eigenvalue weighted by Crippen LogP contribution is 2.28. The highest BCUT2D eigenvalue weighted by molar-refractivity contribution is 7.91. The van der Waals surface area contributed by atoms with Gasteiger partial charge < -0.3 is 4.90 Å². The molecule has 0 fully saturated rings. The Hall–Kier alpha value is -2.53. The molecule has 158 valence electrons. The maximum Gasteiger partial charge on any atom is 0.327 e. The number of aromatic nitrogens is 1. The molecule has 3 rings (SSSR count). The summed E-state index contributed by atoms with van der Waals surface area (Å²) < 4.78 is 25.6. The van der Waals surface area contributed by atoms with E-state index in [4.69, 9.17) is 11.6 Å². The monoisotopic (exact) mass is 466 g/mol. The molecule has 1 heterocycles. The molecule has 1 aromatic heterocycles. The molecule has 0 unspecified atom stereocenters. The zero-order chi connectivity index (χ0) is 21.9. The van der Waals surface area contributed by atoms with Crippen molar-refractivity contribution < 1.29 is 18.0 Å². The Morgan fingerprint density at radius 3 is 2.60 bits per heavy atom. The van der Waals surface area contributed by atoms with Gasteiger partial charge in [-0.25, -0.2) is 18.2 Å². The Balaban J connectivity index is 1.72. The maximum absolute atomic E-state index is 12.5. The van der Waals surface area contributed by atoms with Crippen LogP contribution in [0.4, 0.5) is 9.93 Å². The zero-order valence-corrected chi connectivity index (χ0v) is 18.6. The summed E-state index contributed by atoms with van der Waals surface area (Å²) in [6, 6.07) is 10.2. The molecule has 0 aliphatic carbocycles. The summed E-state index contributed by atoms with van der Waals surface area (Å²) in [5.74, 6) is -0.643. The number of hydrogen-bond donors (Lipinski definition) is 2. The number of thiazole rings is 1. The van der Waals surface area contributed by atoms with Crippen LogP contribution in [0.15, 0.2) is 47.4 Å². The normalized spacial score (nSPS) is 11.6. The van der Waals surface area contributed by atoms with E-state index in [0.717, 1.165) is 11.3 Å². The first-order valence-corrected chi connectivity index (χ1v) is 11.7. The van der Waals surface area contributed by atoms with Crippen LogP contribution in [0.3, 0.4) is 0 Å². The number of carbonyl (C=O) groups excluding carboxylic acids is 2. The Morgan fingerprint density at radius 2 is 1.90 bits per heavy atom. The lowest BCUT2D eigenvalue weighted by atomic mass is 10.2. The molecule has 0 atom stereocenters. The molecule has 0 spiro atoms. The Kier molecular flexibility index (Phi) is 6.71. The van der Waals surface area contributed by atoms with Gasteiger partial charge in [0.2, 0.25) is 0 Å². The number of halogens is 1. The lowest BCUT2D eigenvalue weighted by Gasteiger charge is -2.09. The van der Waals surface area contributed by atoms with Gasteiger partial charge in [-0.05, 0) is 44.4 Å². The van der Waals surface area contributed by atoms with Gasteiger partial charge in [0.1, 0.15) is 0 Å². The summed E-state index contributed by atoms with van der Waals surface area (Å²) in [6.45, 7) is 0.412. The SMILES string of the molecule is CN(C)CCS(=O)(=O)c1ccc2nc(NC(=O)NC(=O)c3ccccc3Cl)sc2c1. The Bertz CT molecular complexity index is 1210. The summed E-state index contributed by atoms with van der Waals surface area (Å²) in [7, 11) is 0.183. The van der Waals surface area contributed by atoms with E-state index in [0.29, 0.717) is 16.8 Å². The van der Waals surface area contributed by atoms with Crippen molar-refractivity contribution in [1.82, 2.24) is 15.2 Å². The fraction of sp³-hybridized carbons (Fsp3) is 0.211. The highest BCUT2D eigenvalue weighted by Gasteiger charge is 2.18. The third-order valence-electron chi connectivity index (χ3n) is 4.09. The number of hydrogen-bond acceptors (Lipinski definition) is 7. The fourth-order valence-electron chi connectivity index (χ4n) is 2.52. The quantitative estimate of drug-likeness (QED) is 0.577. The average molecular weight is 467 g/mol. The van der Waals surface area contributed by atoms with E-state index < -0.39 is 21.8 Å². The van der Waals surface area contributed by atoms with Crippen molar-refractivity contribution in [3.8, 4) is 0 Å². The topological polar surface area (TPSA) is 108 Å². The van der Waals surface area contributed by atoms with Gasteiger partial charge in [0.15, 0.2) is 15.0 Å². The lowest BCUT2D eigenvalue weighted by Crippen LogP contribution is -2.34. The van der Waals surface area contributed by atoms with E-state index in [1.54, 1.807) is 43.3 Å². The molecule has 0 aliphatic rings. The molecule has 0 radical (unpaired) electrons. The van der Waals surface area contributed by atoms with E-state index in [-0.39, 0.29) is 26.4 Å². The summed E-state index contributed by atoms with van der Waals surface area (Å²) in [6.07, 6.45) is 0. The number of carbonyl (C=O) groups is 2.